The Morgan fingerprint density at radius 2 is 1.22 bits per heavy atom. The molecule has 1 heterocycles. The molecule has 138 valence electrons. The standard InChI is InChI=1S/C24H25NO2/c1-17-15-22(26-2)24(23(16-17)27-3)25-20-13-6-4-9-18(20)11-8-12-19-10-5-7-14-21(19)25/h4-7,9-10,13-16H,8,11-12H2,1-3H3. The number of hydrogen-bond donors (Lipinski definition) is 0. The maximum absolute atomic E-state index is 5.80. The minimum Gasteiger partial charge on any atom is -0.494 e. The molecule has 27 heavy (non-hydrogen) atoms. The molecule has 0 saturated carbocycles. The summed E-state index contributed by atoms with van der Waals surface area (Å²) < 4.78 is 11.6. The molecule has 0 spiro atoms. The normalized spacial score (nSPS) is 13.2. The van der Waals surface area contributed by atoms with Gasteiger partial charge in [0.1, 0.15) is 17.2 Å². The monoisotopic (exact) mass is 359 g/mol. The number of methoxy groups -OCH3 is 2. The third-order valence-electron chi connectivity index (χ3n) is 5.21. The first-order valence-corrected chi connectivity index (χ1v) is 9.41. The van der Waals surface area contributed by atoms with Gasteiger partial charge >= 0.3 is 0 Å². The summed E-state index contributed by atoms with van der Waals surface area (Å²) in [6, 6.07) is 21.4. The third kappa shape index (κ3) is 3.14. The molecule has 0 N–H and O–H groups in total. The van der Waals surface area contributed by atoms with Gasteiger partial charge in [0.15, 0.2) is 0 Å². The fourth-order valence-corrected chi connectivity index (χ4v) is 3.97. The summed E-state index contributed by atoms with van der Waals surface area (Å²) >= 11 is 0. The number of hydrogen-bond acceptors (Lipinski definition) is 3. The molecule has 4 rings (SSSR count). The maximum Gasteiger partial charge on any atom is 0.146 e. The number of nitrogens with zero attached hydrogens (tertiary/aromatic N) is 1. The van der Waals surface area contributed by atoms with Crippen LogP contribution in [0.5, 0.6) is 11.5 Å². The van der Waals surface area contributed by atoms with Crippen molar-refractivity contribution < 1.29 is 9.47 Å². The number of benzene rings is 3. The fourth-order valence-electron chi connectivity index (χ4n) is 3.97. The fraction of sp³-hybridized carbons (Fsp3) is 0.250. The van der Waals surface area contributed by atoms with Gasteiger partial charge in [0.2, 0.25) is 0 Å². The van der Waals surface area contributed by atoms with Crippen LogP contribution in [0.1, 0.15) is 23.1 Å². The van der Waals surface area contributed by atoms with Crippen LogP contribution in [-0.4, -0.2) is 14.2 Å². The van der Waals surface area contributed by atoms with Crippen molar-refractivity contribution in [3.63, 3.8) is 0 Å². The smallest absolute Gasteiger partial charge is 0.146 e. The lowest BCUT2D eigenvalue weighted by Crippen LogP contribution is -2.18. The molecule has 0 fully saturated rings. The van der Waals surface area contributed by atoms with E-state index in [1.54, 1.807) is 14.2 Å². The zero-order valence-corrected chi connectivity index (χ0v) is 16.2. The van der Waals surface area contributed by atoms with Crippen molar-refractivity contribution in [1.29, 1.82) is 0 Å². The van der Waals surface area contributed by atoms with Crippen LogP contribution in [0.2, 0.25) is 0 Å². The summed E-state index contributed by atoms with van der Waals surface area (Å²) in [4.78, 5) is 2.31. The van der Waals surface area contributed by atoms with E-state index in [1.165, 1.54) is 22.5 Å². The lowest BCUT2D eigenvalue weighted by atomic mass is 9.96. The summed E-state index contributed by atoms with van der Waals surface area (Å²) in [5.74, 6) is 1.63. The highest BCUT2D eigenvalue weighted by atomic mass is 16.5. The summed E-state index contributed by atoms with van der Waals surface area (Å²) in [7, 11) is 3.44. The zero-order valence-electron chi connectivity index (χ0n) is 16.2. The van der Waals surface area contributed by atoms with E-state index in [9.17, 15) is 0 Å². The Hall–Kier alpha value is -2.94. The van der Waals surface area contributed by atoms with Gasteiger partial charge in [0, 0.05) is 11.4 Å². The van der Waals surface area contributed by atoms with Gasteiger partial charge in [-0.1, -0.05) is 36.4 Å². The van der Waals surface area contributed by atoms with Crippen molar-refractivity contribution >= 4 is 17.1 Å². The Morgan fingerprint density at radius 1 is 0.741 bits per heavy atom. The Morgan fingerprint density at radius 3 is 1.70 bits per heavy atom. The largest absolute Gasteiger partial charge is 0.494 e. The van der Waals surface area contributed by atoms with Crippen LogP contribution in [0.3, 0.4) is 0 Å². The number of anilines is 3. The van der Waals surface area contributed by atoms with Gasteiger partial charge in [-0.2, -0.15) is 0 Å². The van der Waals surface area contributed by atoms with Crippen LogP contribution < -0.4 is 14.4 Å². The van der Waals surface area contributed by atoms with E-state index >= 15 is 0 Å². The van der Waals surface area contributed by atoms with Gasteiger partial charge in [0.25, 0.3) is 0 Å². The molecule has 0 unspecified atom stereocenters. The first kappa shape index (κ1) is 17.5. The van der Waals surface area contributed by atoms with Crippen molar-refractivity contribution in [1.82, 2.24) is 0 Å². The van der Waals surface area contributed by atoms with E-state index in [-0.39, 0.29) is 0 Å². The lowest BCUT2D eigenvalue weighted by molar-refractivity contribution is 0.396. The Balaban J connectivity index is 2.06. The van der Waals surface area contributed by atoms with Gasteiger partial charge < -0.3 is 14.4 Å². The number of ether oxygens (including phenoxy) is 2. The Labute approximate surface area is 161 Å². The molecule has 3 heteroatoms. The van der Waals surface area contributed by atoms with E-state index < -0.39 is 0 Å². The van der Waals surface area contributed by atoms with Gasteiger partial charge in [0.05, 0.1) is 14.2 Å². The minimum atomic E-state index is 0.817. The number of aryl methyl sites for hydroxylation is 3. The average Bonchev–Trinajstić information content (AvgIpc) is 2.69. The molecule has 0 bridgehead atoms. The van der Waals surface area contributed by atoms with Crippen LogP contribution in [0.4, 0.5) is 17.1 Å². The topological polar surface area (TPSA) is 21.7 Å². The number of fused-ring (bicyclic) bond motifs is 2. The first-order valence-electron chi connectivity index (χ1n) is 9.41. The predicted molar refractivity (Wildman–Crippen MR) is 111 cm³/mol. The highest BCUT2D eigenvalue weighted by Gasteiger charge is 2.26. The van der Waals surface area contributed by atoms with Gasteiger partial charge in [-0.15, -0.1) is 0 Å². The molecular formula is C24H25NO2. The number of para-hydroxylation sites is 2. The van der Waals surface area contributed by atoms with Crippen LogP contribution in [0, 0.1) is 6.92 Å². The highest BCUT2D eigenvalue weighted by Crippen LogP contribution is 2.49. The van der Waals surface area contributed by atoms with Crippen LogP contribution >= 0.6 is 0 Å². The molecule has 3 aromatic carbocycles. The van der Waals surface area contributed by atoms with E-state index in [2.05, 4.69) is 72.5 Å². The number of rotatable bonds is 3. The van der Waals surface area contributed by atoms with Crippen LogP contribution in [-0.2, 0) is 12.8 Å². The lowest BCUT2D eigenvalue weighted by Gasteiger charge is -2.33. The highest BCUT2D eigenvalue weighted by molar-refractivity contribution is 5.87. The predicted octanol–water partition coefficient (Wildman–Crippen LogP) is 5.97. The molecule has 0 aliphatic carbocycles. The summed E-state index contributed by atoms with van der Waals surface area (Å²) in [5.41, 5.74) is 7.12. The SMILES string of the molecule is COc1cc(C)cc(OC)c1N1c2ccccc2CCCc2ccccc21. The van der Waals surface area contributed by atoms with Crippen molar-refractivity contribution in [2.45, 2.75) is 26.2 Å². The Kier molecular flexibility index (Phi) is 4.76. The first-order chi connectivity index (χ1) is 13.2. The molecule has 1 aliphatic rings. The van der Waals surface area contributed by atoms with E-state index in [0.717, 1.165) is 42.0 Å². The molecule has 1 aliphatic heterocycles. The van der Waals surface area contributed by atoms with E-state index in [4.69, 9.17) is 9.47 Å². The minimum absolute atomic E-state index is 0.817. The van der Waals surface area contributed by atoms with Gasteiger partial charge in [-0.05, 0) is 67.1 Å². The molecule has 0 radical (unpaired) electrons. The second-order valence-electron chi connectivity index (χ2n) is 6.96. The maximum atomic E-state index is 5.80. The second-order valence-corrected chi connectivity index (χ2v) is 6.96. The molecule has 3 aromatic rings. The van der Waals surface area contributed by atoms with Gasteiger partial charge in [-0.25, -0.2) is 0 Å². The Bertz CT molecular complexity index is 892. The van der Waals surface area contributed by atoms with Crippen LogP contribution in [0.25, 0.3) is 0 Å². The van der Waals surface area contributed by atoms with E-state index in [0.29, 0.717) is 0 Å². The van der Waals surface area contributed by atoms with Crippen molar-refractivity contribution in [3.8, 4) is 11.5 Å². The van der Waals surface area contributed by atoms with Crippen molar-refractivity contribution in [2.75, 3.05) is 19.1 Å². The summed E-state index contributed by atoms with van der Waals surface area (Å²) in [5, 5.41) is 0. The molecular weight excluding hydrogens is 334 g/mol. The molecule has 0 atom stereocenters. The molecule has 0 saturated heterocycles. The molecule has 3 nitrogen and oxygen atoms in total. The van der Waals surface area contributed by atoms with Crippen LogP contribution in [0.15, 0.2) is 60.7 Å². The van der Waals surface area contributed by atoms with Gasteiger partial charge in [-0.3, -0.25) is 0 Å². The quantitative estimate of drug-likeness (QED) is 0.575. The van der Waals surface area contributed by atoms with E-state index in [1.807, 2.05) is 0 Å². The summed E-state index contributed by atoms with van der Waals surface area (Å²) in [6.07, 6.45) is 3.25. The molecule has 0 aromatic heterocycles. The third-order valence-corrected chi connectivity index (χ3v) is 5.21. The van der Waals surface area contributed by atoms with Crippen molar-refractivity contribution in [2.24, 2.45) is 0 Å². The zero-order chi connectivity index (χ0) is 18.8. The van der Waals surface area contributed by atoms with Crippen molar-refractivity contribution in [3.05, 3.63) is 77.4 Å². The second kappa shape index (κ2) is 7.36. The average molecular weight is 359 g/mol. The molecule has 0 amide bonds. The summed E-state index contributed by atoms with van der Waals surface area (Å²) in [6.45, 7) is 2.06.